The van der Waals surface area contributed by atoms with Gasteiger partial charge in [-0.3, -0.25) is 0 Å². The third-order valence-electron chi connectivity index (χ3n) is 3.93. The lowest BCUT2D eigenvalue weighted by molar-refractivity contribution is -0.135. The Morgan fingerprint density at radius 3 is 2.37 bits per heavy atom. The monoisotopic (exact) mass is 467 g/mol. The number of esters is 1. The highest BCUT2D eigenvalue weighted by molar-refractivity contribution is 9.10. The SMILES string of the molecule is C#C/C(C(=O)OC)=C(/OCc1ccccc1)c1ccc(Br)cc1C(=C)C.CC=NC. The van der Waals surface area contributed by atoms with Gasteiger partial charge in [-0.1, -0.05) is 64.3 Å². The van der Waals surface area contributed by atoms with E-state index in [2.05, 4.69) is 33.4 Å². The summed E-state index contributed by atoms with van der Waals surface area (Å²) in [5, 5.41) is 0. The van der Waals surface area contributed by atoms with Gasteiger partial charge in [0.2, 0.25) is 0 Å². The molecule has 2 aromatic carbocycles. The molecule has 0 aliphatic rings. The number of benzene rings is 2. The van der Waals surface area contributed by atoms with E-state index in [0.717, 1.165) is 21.2 Å². The molecule has 0 spiro atoms. The van der Waals surface area contributed by atoms with Gasteiger partial charge in [0, 0.05) is 17.1 Å². The Kier molecular flexibility index (Phi) is 11.0. The zero-order chi connectivity index (χ0) is 22.5. The van der Waals surface area contributed by atoms with Gasteiger partial charge >= 0.3 is 5.97 Å². The van der Waals surface area contributed by atoms with Gasteiger partial charge in [-0.05, 0) is 49.4 Å². The second kappa shape index (κ2) is 13.2. The summed E-state index contributed by atoms with van der Waals surface area (Å²) >= 11 is 3.46. The maximum absolute atomic E-state index is 12.2. The zero-order valence-corrected chi connectivity index (χ0v) is 19.3. The van der Waals surface area contributed by atoms with Crippen LogP contribution in [0.3, 0.4) is 0 Å². The third-order valence-corrected chi connectivity index (χ3v) is 4.42. The minimum Gasteiger partial charge on any atom is -0.487 e. The van der Waals surface area contributed by atoms with Crippen LogP contribution in [-0.4, -0.2) is 26.3 Å². The van der Waals surface area contributed by atoms with Crippen LogP contribution < -0.4 is 0 Å². The Morgan fingerprint density at radius 1 is 1.23 bits per heavy atom. The Labute approximate surface area is 187 Å². The molecule has 0 fully saturated rings. The lowest BCUT2D eigenvalue weighted by atomic mass is 9.98. The lowest BCUT2D eigenvalue weighted by Gasteiger charge is -2.17. The van der Waals surface area contributed by atoms with Crippen molar-refractivity contribution in [3.05, 3.63) is 81.8 Å². The summed E-state index contributed by atoms with van der Waals surface area (Å²) in [6, 6.07) is 15.3. The van der Waals surface area contributed by atoms with Gasteiger partial charge in [0.15, 0.2) is 11.3 Å². The number of methoxy groups -OCH3 is 1. The molecule has 0 aromatic heterocycles. The first-order valence-corrected chi connectivity index (χ1v) is 9.97. The summed E-state index contributed by atoms with van der Waals surface area (Å²) in [4.78, 5) is 15.8. The molecule has 0 amide bonds. The second-order valence-electron chi connectivity index (χ2n) is 6.10. The van der Waals surface area contributed by atoms with E-state index in [1.165, 1.54) is 7.11 Å². The maximum atomic E-state index is 12.2. The number of nitrogens with zero attached hydrogens (tertiary/aromatic N) is 1. The topological polar surface area (TPSA) is 47.9 Å². The summed E-state index contributed by atoms with van der Waals surface area (Å²) in [5.74, 6) is 2.09. The number of aliphatic imine (C=N–C) groups is 1. The normalized spacial score (nSPS) is 10.9. The molecule has 0 heterocycles. The van der Waals surface area contributed by atoms with Crippen molar-refractivity contribution in [3.8, 4) is 12.3 Å². The first-order chi connectivity index (χ1) is 14.4. The number of allylic oxidation sites excluding steroid dienone is 1. The molecule has 0 saturated carbocycles. The highest BCUT2D eigenvalue weighted by Gasteiger charge is 2.20. The molecule has 156 valence electrons. The molecule has 0 unspecified atom stereocenters. The average Bonchev–Trinajstić information content (AvgIpc) is 2.77. The van der Waals surface area contributed by atoms with Crippen molar-refractivity contribution in [2.24, 2.45) is 4.99 Å². The van der Waals surface area contributed by atoms with Gasteiger partial charge in [0.1, 0.15) is 6.61 Å². The number of carbonyl (C=O) groups excluding carboxylic acids is 1. The van der Waals surface area contributed by atoms with Gasteiger partial charge in [-0.2, -0.15) is 0 Å². The van der Waals surface area contributed by atoms with Gasteiger partial charge in [0.05, 0.1) is 7.11 Å². The van der Waals surface area contributed by atoms with E-state index in [1.54, 1.807) is 13.3 Å². The van der Waals surface area contributed by atoms with Crippen molar-refractivity contribution >= 4 is 39.4 Å². The van der Waals surface area contributed by atoms with Crippen LogP contribution in [0.2, 0.25) is 0 Å². The van der Waals surface area contributed by atoms with E-state index in [4.69, 9.17) is 15.9 Å². The molecule has 4 nitrogen and oxygen atoms in total. The van der Waals surface area contributed by atoms with Crippen LogP contribution in [0.5, 0.6) is 0 Å². The van der Waals surface area contributed by atoms with Crippen LogP contribution in [0, 0.1) is 12.3 Å². The molecule has 5 heteroatoms. The van der Waals surface area contributed by atoms with Crippen molar-refractivity contribution in [3.63, 3.8) is 0 Å². The number of hydrogen-bond acceptors (Lipinski definition) is 4. The summed E-state index contributed by atoms with van der Waals surface area (Å²) in [6.07, 6.45) is 7.34. The van der Waals surface area contributed by atoms with E-state index >= 15 is 0 Å². The van der Waals surface area contributed by atoms with E-state index in [-0.39, 0.29) is 12.2 Å². The predicted molar refractivity (Wildman–Crippen MR) is 128 cm³/mol. The first-order valence-electron chi connectivity index (χ1n) is 9.18. The highest BCUT2D eigenvalue weighted by Crippen LogP contribution is 2.31. The lowest BCUT2D eigenvalue weighted by Crippen LogP contribution is -2.09. The average molecular weight is 468 g/mol. The molecule has 30 heavy (non-hydrogen) atoms. The Hall–Kier alpha value is -3.10. The number of halogens is 1. The smallest absolute Gasteiger partial charge is 0.350 e. The fraction of sp³-hybridized carbons (Fsp3) is 0.200. The van der Waals surface area contributed by atoms with Crippen molar-refractivity contribution < 1.29 is 14.3 Å². The molecular weight excluding hydrogens is 442 g/mol. The van der Waals surface area contributed by atoms with Gasteiger partial charge in [-0.25, -0.2) is 4.79 Å². The first kappa shape index (κ1) is 24.9. The Morgan fingerprint density at radius 2 is 1.87 bits per heavy atom. The maximum Gasteiger partial charge on any atom is 0.350 e. The van der Waals surface area contributed by atoms with Crippen LogP contribution >= 0.6 is 15.9 Å². The molecule has 0 N–H and O–H groups in total. The summed E-state index contributed by atoms with van der Waals surface area (Å²) in [6.45, 7) is 8.05. The minimum absolute atomic E-state index is 0.0354. The number of hydrogen-bond donors (Lipinski definition) is 0. The van der Waals surface area contributed by atoms with Gasteiger partial charge in [-0.15, -0.1) is 6.42 Å². The number of terminal acetylenes is 1. The zero-order valence-electron chi connectivity index (χ0n) is 17.7. The Bertz CT molecular complexity index is 966. The molecule has 0 atom stereocenters. The molecule has 0 aliphatic carbocycles. The van der Waals surface area contributed by atoms with Crippen molar-refractivity contribution in [1.29, 1.82) is 0 Å². The van der Waals surface area contributed by atoms with E-state index < -0.39 is 5.97 Å². The summed E-state index contributed by atoms with van der Waals surface area (Å²) < 4.78 is 11.7. The number of ether oxygens (including phenoxy) is 2. The molecule has 0 saturated heterocycles. The molecule has 0 bridgehead atoms. The molecule has 2 rings (SSSR count). The minimum atomic E-state index is -0.619. The van der Waals surface area contributed by atoms with Gasteiger partial charge in [0.25, 0.3) is 0 Å². The predicted octanol–water partition coefficient (Wildman–Crippen LogP) is 5.92. The number of carbonyl (C=O) groups is 1. The second-order valence-corrected chi connectivity index (χ2v) is 7.02. The highest BCUT2D eigenvalue weighted by atomic mass is 79.9. The fourth-order valence-corrected chi connectivity index (χ4v) is 2.76. The van der Waals surface area contributed by atoms with Crippen LogP contribution in [0.1, 0.15) is 30.5 Å². The molecule has 0 aliphatic heterocycles. The summed E-state index contributed by atoms with van der Waals surface area (Å²) in [5.41, 5.74) is 3.34. The van der Waals surface area contributed by atoms with Crippen LogP contribution in [0.25, 0.3) is 11.3 Å². The molecular formula is C25H26BrNO3. The quantitative estimate of drug-likeness (QED) is 0.174. The van der Waals surface area contributed by atoms with Crippen molar-refractivity contribution in [1.82, 2.24) is 0 Å². The molecule has 0 radical (unpaired) electrons. The molecule has 2 aromatic rings. The van der Waals surface area contributed by atoms with Gasteiger partial charge < -0.3 is 14.5 Å². The van der Waals surface area contributed by atoms with Crippen LogP contribution in [0.15, 0.2) is 70.1 Å². The Balaban J connectivity index is 0.00000103. The van der Waals surface area contributed by atoms with E-state index in [1.807, 2.05) is 62.4 Å². The fourth-order valence-electron chi connectivity index (χ4n) is 2.40. The number of rotatable bonds is 6. The van der Waals surface area contributed by atoms with Crippen LogP contribution in [-0.2, 0) is 20.9 Å². The van der Waals surface area contributed by atoms with E-state index in [9.17, 15) is 4.79 Å². The standard InChI is InChI=1S/C22H19BrO3.C3H7N/c1-5-18(22(24)25-4)21(26-14-16-9-7-6-8-10-16)19-12-11-17(23)13-20(19)15(2)3;1-3-4-2/h1,6-13H,2,14H2,3-4H3;3H,1-2H3/b21-18-;. The largest absolute Gasteiger partial charge is 0.487 e. The van der Waals surface area contributed by atoms with Crippen molar-refractivity contribution in [2.45, 2.75) is 20.5 Å². The van der Waals surface area contributed by atoms with Crippen molar-refractivity contribution in [2.75, 3.05) is 14.2 Å². The van der Waals surface area contributed by atoms with Crippen LogP contribution in [0.4, 0.5) is 0 Å². The third kappa shape index (κ3) is 7.38. The van der Waals surface area contributed by atoms with E-state index in [0.29, 0.717) is 11.3 Å². The summed E-state index contributed by atoms with van der Waals surface area (Å²) in [7, 11) is 3.04.